The standard InChI is InChI=1S/C25H22F6N2O3/c26-24(27,28)19-9-8-18(21(15-19)25(29,30)31)16-33(22-7-1-2-10-32-22)11-4-12-36-20-6-3-5-17(13-20)14-23(34)35/h1-3,5-10,13,15H,4,11-12,14,16H2,(H,34,35). The molecule has 192 valence electrons. The first kappa shape index (κ1) is 26.8. The number of ether oxygens (including phenoxy) is 1. The molecule has 0 amide bonds. The number of aliphatic carboxylic acids is 1. The van der Waals surface area contributed by atoms with Crippen LogP contribution in [0, 0.1) is 0 Å². The normalized spacial score (nSPS) is 11.8. The third kappa shape index (κ3) is 7.62. The maximum Gasteiger partial charge on any atom is 0.416 e. The van der Waals surface area contributed by atoms with Crippen LogP contribution in [0.4, 0.5) is 32.2 Å². The minimum Gasteiger partial charge on any atom is -0.494 e. The first-order chi connectivity index (χ1) is 16.9. The molecule has 0 fully saturated rings. The number of benzene rings is 2. The van der Waals surface area contributed by atoms with Crippen molar-refractivity contribution < 1.29 is 41.0 Å². The smallest absolute Gasteiger partial charge is 0.416 e. The minimum absolute atomic E-state index is 0.124. The highest BCUT2D eigenvalue weighted by molar-refractivity contribution is 5.70. The van der Waals surface area contributed by atoms with Crippen LogP contribution in [-0.2, 0) is 30.1 Å². The lowest BCUT2D eigenvalue weighted by atomic mass is 10.0. The van der Waals surface area contributed by atoms with E-state index in [9.17, 15) is 31.1 Å². The number of hydrogen-bond acceptors (Lipinski definition) is 4. The van der Waals surface area contributed by atoms with Gasteiger partial charge in [-0.3, -0.25) is 4.79 Å². The average molecular weight is 512 g/mol. The molecular weight excluding hydrogens is 490 g/mol. The van der Waals surface area contributed by atoms with E-state index in [-0.39, 0.29) is 37.7 Å². The molecular formula is C25H22F6N2O3. The highest BCUT2D eigenvalue weighted by Gasteiger charge is 2.38. The fraction of sp³-hybridized carbons (Fsp3) is 0.280. The Labute approximate surface area is 203 Å². The third-order valence-electron chi connectivity index (χ3n) is 5.17. The summed E-state index contributed by atoms with van der Waals surface area (Å²) in [6.45, 7) is 0.0429. The van der Waals surface area contributed by atoms with E-state index in [0.29, 0.717) is 29.6 Å². The molecule has 1 aromatic heterocycles. The monoisotopic (exact) mass is 512 g/mol. The van der Waals surface area contributed by atoms with E-state index < -0.39 is 29.4 Å². The van der Waals surface area contributed by atoms with Crippen molar-refractivity contribution in [1.29, 1.82) is 0 Å². The molecule has 0 aliphatic rings. The van der Waals surface area contributed by atoms with Crippen LogP contribution in [0.25, 0.3) is 0 Å². The predicted molar refractivity (Wildman–Crippen MR) is 120 cm³/mol. The predicted octanol–water partition coefficient (Wildman–Crippen LogP) is 6.22. The van der Waals surface area contributed by atoms with Gasteiger partial charge in [-0.25, -0.2) is 4.98 Å². The molecule has 0 radical (unpaired) electrons. The lowest BCUT2D eigenvalue weighted by molar-refractivity contribution is -0.143. The van der Waals surface area contributed by atoms with Crippen LogP contribution >= 0.6 is 0 Å². The average Bonchev–Trinajstić information content (AvgIpc) is 2.80. The molecule has 0 saturated heterocycles. The van der Waals surface area contributed by atoms with Gasteiger partial charge in [-0.05, 0) is 53.9 Å². The van der Waals surface area contributed by atoms with Gasteiger partial charge in [0.1, 0.15) is 11.6 Å². The van der Waals surface area contributed by atoms with Gasteiger partial charge in [0, 0.05) is 19.3 Å². The number of carboxylic acid groups (broad SMARTS) is 1. The summed E-state index contributed by atoms with van der Waals surface area (Å²) in [7, 11) is 0. The summed E-state index contributed by atoms with van der Waals surface area (Å²) >= 11 is 0. The van der Waals surface area contributed by atoms with Gasteiger partial charge in [-0.1, -0.05) is 24.3 Å². The third-order valence-corrected chi connectivity index (χ3v) is 5.17. The van der Waals surface area contributed by atoms with E-state index in [2.05, 4.69) is 4.98 Å². The van der Waals surface area contributed by atoms with Gasteiger partial charge < -0.3 is 14.7 Å². The van der Waals surface area contributed by atoms with Gasteiger partial charge in [-0.2, -0.15) is 26.3 Å². The molecule has 3 aromatic rings. The molecule has 0 unspecified atom stereocenters. The fourth-order valence-electron chi connectivity index (χ4n) is 3.54. The Hall–Kier alpha value is -3.76. The Kier molecular flexibility index (Phi) is 8.44. The number of halogens is 6. The first-order valence-electron chi connectivity index (χ1n) is 10.8. The number of alkyl halides is 6. The quantitative estimate of drug-likeness (QED) is 0.258. The largest absolute Gasteiger partial charge is 0.494 e. The molecule has 1 heterocycles. The molecule has 0 aliphatic heterocycles. The minimum atomic E-state index is -4.98. The number of carboxylic acids is 1. The van der Waals surface area contributed by atoms with Crippen LogP contribution in [-0.4, -0.2) is 29.2 Å². The van der Waals surface area contributed by atoms with Gasteiger partial charge in [-0.15, -0.1) is 0 Å². The Morgan fingerprint density at radius 1 is 0.944 bits per heavy atom. The van der Waals surface area contributed by atoms with E-state index in [1.807, 2.05) is 0 Å². The second-order valence-electron chi connectivity index (χ2n) is 7.90. The molecule has 0 saturated carbocycles. The summed E-state index contributed by atoms with van der Waals surface area (Å²) in [6, 6.07) is 13.0. The van der Waals surface area contributed by atoms with Crippen LogP contribution in [0.3, 0.4) is 0 Å². The number of rotatable bonds is 10. The van der Waals surface area contributed by atoms with Gasteiger partial charge in [0.15, 0.2) is 0 Å². The van der Waals surface area contributed by atoms with Crippen LogP contribution in [0.2, 0.25) is 0 Å². The molecule has 11 heteroatoms. The van der Waals surface area contributed by atoms with Crippen molar-refractivity contribution in [3.63, 3.8) is 0 Å². The van der Waals surface area contributed by atoms with E-state index in [1.54, 1.807) is 42.5 Å². The zero-order valence-corrected chi connectivity index (χ0v) is 18.8. The number of aromatic nitrogens is 1. The van der Waals surface area contributed by atoms with Gasteiger partial charge >= 0.3 is 18.3 Å². The zero-order chi connectivity index (χ0) is 26.3. The van der Waals surface area contributed by atoms with Crippen molar-refractivity contribution in [2.75, 3.05) is 18.1 Å². The molecule has 5 nitrogen and oxygen atoms in total. The summed E-state index contributed by atoms with van der Waals surface area (Å²) in [5.41, 5.74) is -2.49. The van der Waals surface area contributed by atoms with E-state index in [0.717, 1.165) is 6.07 Å². The van der Waals surface area contributed by atoms with Crippen molar-refractivity contribution in [1.82, 2.24) is 4.98 Å². The van der Waals surface area contributed by atoms with E-state index >= 15 is 0 Å². The van der Waals surface area contributed by atoms with Crippen molar-refractivity contribution in [2.24, 2.45) is 0 Å². The molecule has 2 aromatic carbocycles. The molecule has 36 heavy (non-hydrogen) atoms. The highest BCUT2D eigenvalue weighted by atomic mass is 19.4. The Bertz CT molecular complexity index is 1170. The second-order valence-corrected chi connectivity index (χ2v) is 7.90. The maximum atomic E-state index is 13.6. The molecule has 1 N–H and O–H groups in total. The number of pyridine rings is 1. The second kappa shape index (κ2) is 11.3. The number of carbonyl (C=O) groups is 1. The molecule has 3 rings (SSSR count). The molecule has 0 bridgehead atoms. The highest BCUT2D eigenvalue weighted by Crippen LogP contribution is 2.38. The summed E-state index contributed by atoms with van der Waals surface area (Å²) in [5.74, 6) is -0.186. The lowest BCUT2D eigenvalue weighted by Crippen LogP contribution is -2.27. The molecule has 0 atom stereocenters. The van der Waals surface area contributed by atoms with Crippen LogP contribution in [0.1, 0.15) is 28.7 Å². The van der Waals surface area contributed by atoms with Crippen LogP contribution < -0.4 is 9.64 Å². The Balaban J connectivity index is 1.75. The van der Waals surface area contributed by atoms with E-state index in [1.165, 1.54) is 11.1 Å². The summed E-state index contributed by atoms with van der Waals surface area (Å²) in [6.07, 6.45) is -8.24. The van der Waals surface area contributed by atoms with E-state index in [4.69, 9.17) is 9.84 Å². The van der Waals surface area contributed by atoms with Crippen molar-refractivity contribution in [3.05, 3.63) is 89.1 Å². The van der Waals surface area contributed by atoms with Crippen LogP contribution in [0.5, 0.6) is 5.75 Å². The van der Waals surface area contributed by atoms with Gasteiger partial charge in [0.2, 0.25) is 0 Å². The van der Waals surface area contributed by atoms with Gasteiger partial charge in [0.05, 0.1) is 24.2 Å². The number of anilines is 1. The summed E-state index contributed by atoms with van der Waals surface area (Å²) in [4.78, 5) is 16.6. The van der Waals surface area contributed by atoms with Crippen molar-refractivity contribution >= 4 is 11.8 Å². The number of nitrogens with zero attached hydrogens (tertiary/aromatic N) is 2. The lowest BCUT2D eigenvalue weighted by Gasteiger charge is -2.26. The van der Waals surface area contributed by atoms with Crippen molar-refractivity contribution in [3.8, 4) is 5.75 Å². The first-order valence-corrected chi connectivity index (χ1v) is 10.8. The van der Waals surface area contributed by atoms with Gasteiger partial charge in [0.25, 0.3) is 0 Å². The summed E-state index contributed by atoms with van der Waals surface area (Å²) in [5, 5.41) is 8.91. The zero-order valence-electron chi connectivity index (χ0n) is 18.8. The molecule has 0 spiro atoms. The number of hydrogen-bond donors (Lipinski definition) is 1. The van der Waals surface area contributed by atoms with Crippen molar-refractivity contribution in [2.45, 2.75) is 31.7 Å². The van der Waals surface area contributed by atoms with Crippen LogP contribution in [0.15, 0.2) is 66.9 Å². The summed E-state index contributed by atoms with van der Waals surface area (Å²) < 4.78 is 85.6. The molecule has 0 aliphatic carbocycles. The topological polar surface area (TPSA) is 62.7 Å². The Morgan fingerprint density at radius 2 is 1.72 bits per heavy atom. The fourth-order valence-corrected chi connectivity index (χ4v) is 3.54. The maximum absolute atomic E-state index is 13.6. The SMILES string of the molecule is O=C(O)Cc1cccc(OCCCN(Cc2ccc(C(F)(F)F)cc2C(F)(F)F)c2ccccn2)c1. The Morgan fingerprint density at radius 3 is 2.36 bits per heavy atom.